The molecule has 0 saturated carbocycles. The van der Waals surface area contributed by atoms with Gasteiger partial charge in [-0.3, -0.25) is 0 Å². The number of rotatable bonds is 5. The molecule has 3 aromatic heterocycles. The number of nitrogens with zero attached hydrogens (tertiary/aromatic N) is 5. The van der Waals surface area contributed by atoms with Crippen molar-refractivity contribution in [1.82, 2.24) is 19.5 Å². The van der Waals surface area contributed by atoms with Crippen molar-refractivity contribution in [2.24, 2.45) is 0 Å². The van der Waals surface area contributed by atoms with Gasteiger partial charge in [0.1, 0.15) is 10.0 Å². The van der Waals surface area contributed by atoms with Crippen molar-refractivity contribution in [3.05, 3.63) is 52.4 Å². The average molecular weight is 481 g/mol. The molecule has 0 atom stereocenters. The smallest absolute Gasteiger partial charge is 0.252 e. The first-order chi connectivity index (χ1) is 13.5. The van der Waals surface area contributed by atoms with Gasteiger partial charge in [0, 0.05) is 32.4 Å². The summed E-state index contributed by atoms with van der Waals surface area (Å²) in [5.41, 5.74) is 0. The lowest BCUT2D eigenvalue weighted by Gasteiger charge is -2.34. The molecule has 0 unspecified atom stereocenters. The third-order valence-electron chi connectivity index (χ3n) is 4.28. The van der Waals surface area contributed by atoms with Crippen molar-refractivity contribution < 1.29 is 8.42 Å². The van der Waals surface area contributed by atoms with Gasteiger partial charge in [-0.05, 0) is 52.3 Å². The fourth-order valence-electron chi connectivity index (χ4n) is 2.85. The SMILES string of the molecule is O=S(=O)(c1ccc(Br)s1)N1CCN(c2ccc(Nc3ccccn3)nn2)CC1. The second-order valence-electron chi connectivity index (χ2n) is 6.07. The molecule has 0 aliphatic carbocycles. The van der Waals surface area contributed by atoms with Crippen LogP contribution < -0.4 is 10.2 Å². The summed E-state index contributed by atoms with van der Waals surface area (Å²) in [6.07, 6.45) is 1.70. The summed E-state index contributed by atoms with van der Waals surface area (Å²) in [4.78, 5) is 6.23. The van der Waals surface area contributed by atoms with Gasteiger partial charge in [-0.25, -0.2) is 13.4 Å². The van der Waals surface area contributed by atoms with E-state index in [4.69, 9.17) is 0 Å². The van der Waals surface area contributed by atoms with E-state index in [1.165, 1.54) is 15.6 Å². The molecule has 1 saturated heterocycles. The summed E-state index contributed by atoms with van der Waals surface area (Å²) < 4.78 is 28.1. The van der Waals surface area contributed by atoms with E-state index in [1.54, 1.807) is 18.3 Å². The summed E-state index contributed by atoms with van der Waals surface area (Å²) in [5.74, 6) is 2.03. The number of nitrogens with one attached hydrogen (secondary N) is 1. The molecule has 0 aromatic carbocycles. The zero-order valence-corrected chi connectivity index (χ0v) is 17.9. The van der Waals surface area contributed by atoms with Crippen LogP contribution in [0.2, 0.25) is 0 Å². The van der Waals surface area contributed by atoms with Gasteiger partial charge >= 0.3 is 0 Å². The van der Waals surface area contributed by atoms with E-state index in [9.17, 15) is 8.42 Å². The summed E-state index contributed by atoms with van der Waals surface area (Å²) in [7, 11) is -3.45. The van der Waals surface area contributed by atoms with Crippen molar-refractivity contribution in [3.8, 4) is 0 Å². The van der Waals surface area contributed by atoms with Crippen molar-refractivity contribution in [1.29, 1.82) is 0 Å². The van der Waals surface area contributed by atoms with Gasteiger partial charge in [0.25, 0.3) is 10.0 Å². The van der Waals surface area contributed by atoms with E-state index < -0.39 is 10.0 Å². The predicted octanol–water partition coefficient (Wildman–Crippen LogP) is 2.95. The Kier molecular flexibility index (Phi) is 5.58. The van der Waals surface area contributed by atoms with Crippen LogP contribution in [0.1, 0.15) is 0 Å². The Morgan fingerprint density at radius 3 is 2.39 bits per heavy atom. The van der Waals surface area contributed by atoms with Gasteiger partial charge in [-0.15, -0.1) is 21.5 Å². The fourth-order valence-corrected chi connectivity index (χ4v) is 6.44. The number of sulfonamides is 1. The van der Waals surface area contributed by atoms with Crippen LogP contribution in [0.5, 0.6) is 0 Å². The van der Waals surface area contributed by atoms with Crippen LogP contribution in [0, 0.1) is 0 Å². The van der Waals surface area contributed by atoms with Gasteiger partial charge in [0.15, 0.2) is 11.6 Å². The van der Waals surface area contributed by atoms with Crippen molar-refractivity contribution in [2.75, 3.05) is 36.4 Å². The molecule has 1 aliphatic rings. The summed E-state index contributed by atoms with van der Waals surface area (Å²) in [6, 6.07) is 12.7. The summed E-state index contributed by atoms with van der Waals surface area (Å²) in [5, 5.41) is 11.5. The number of thiophene rings is 1. The van der Waals surface area contributed by atoms with Crippen LogP contribution in [-0.2, 0) is 10.0 Å². The highest BCUT2D eigenvalue weighted by Gasteiger charge is 2.30. The summed E-state index contributed by atoms with van der Waals surface area (Å²) in [6.45, 7) is 1.95. The molecular weight excluding hydrogens is 464 g/mol. The fraction of sp³-hybridized carbons (Fsp3) is 0.235. The van der Waals surface area contributed by atoms with Gasteiger partial charge in [0.05, 0.1) is 3.79 Å². The number of hydrogen-bond donors (Lipinski definition) is 1. The van der Waals surface area contributed by atoms with Crippen molar-refractivity contribution in [3.63, 3.8) is 0 Å². The Hall–Kier alpha value is -2.08. The Labute approximate surface area is 175 Å². The topological polar surface area (TPSA) is 91.3 Å². The molecule has 1 N–H and O–H groups in total. The molecule has 1 fully saturated rings. The lowest BCUT2D eigenvalue weighted by Crippen LogP contribution is -2.48. The Bertz CT molecular complexity index is 1040. The average Bonchev–Trinajstić information content (AvgIpc) is 3.17. The second kappa shape index (κ2) is 8.11. The van der Waals surface area contributed by atoms with E-state index in [0.717, 1.165) is 9.60 Å². The van der Waals surface area contributed by atoms with Crippen molar-refractivity contribution in [2.45, 2.75) is 4.21 Å². The van der Waals surface area contributed by atoms with E-state index >= 15 is 0 Å². The number of anilines is 3. The molecule has 8 nitrogen and oxygen atoms in total. The third kappa shape index (κ3) is 4.17. The van der Waals surface area contributed by atoms with E-state index in [0.29, 0.717) is 42.0 Å². The molecular formula is C17H17BrN6O2S2. The van der Waals surface area contributed by atoms with Crippen LogP contribution in [0.3, 0.4) is 0 Å². The standard InChI is InChI=1S/C17H17BrN6O2S2/c18-13-4-7-17(27-13)28(25,26)24-11-9-23(10-12-24)16-6-5-15(21-22-16)20-14-3-1-2-8-19-14/h1-8H,9-12H2,(H,19,20,21). The van der Waals surface area contributed by atoms with Crippen LogP contribution in [0.4, 0.5) is 17.5 Å². The number of aromatic nitrogens is 3. The van der Waals surface area contributed by atoms with E-state index in [1.807, 2.05) is 35.2 Å². The summed E-state index contributed by atoms with van der Waals surface area (Å²) >= 11 is 4.55. The minimum Gasteiger partial charge on any atom is -0.352 e. The van der Waals surface area contributed by atoms with E-state index in [-0.39, 0.29) is 0 Å². The molecule has 3 aromatic rings. The molecule has 0 amide bonds. The first kappa shape index (κ1) is 19.2. The van der Waals surface area contributed by atoms with Gasteiger partial charge < -0.3 is 10.2 Å². The number of hydrogen-bond acceptors (Lipinski definition) is 8. The molecule has 0 spiro atoms. The maximum atomic E-state index is 12.7. The molecule has 1 aliphatic heterocycles. The van der Waals surface area contributed by atoms with Crippen LogP contribution in [0.25, 0.3) is 0 Å². The highest BCUT2D eigenvalue weighted by molar-refractivity contribution is 9.11. The molecule has 4 rings (SSSR count). The normalized spacial score (nSPS) is 15.5. The van der Waals surface area contributed by atoms with Crippen LogP contribution >= 0.6 is 27.3 Å². The first-order valence-electron chi connectivity index (χ1n) is 8.54. The zero-order chi connectivity index (χ0) is 19.6. The maximum Gasteiger partial charge on any atom is 0.252 e. The molecule has 11 heteroatoms. The monoisotopic (exact) mass is 480 g/mol. The third-order valence-corrected chi connectivity index (χ3v) is 8.27. The quantitative estimate of drug-likeness (QED) is 0.599. The van der Waals surface area contributed by atoms with Crippen LogP contribution in [-0.4, -0.2) is 54.1 Å². The largest absolute Gasteiger partial charge is 0.352 e. The Morgan fingerprint density at radius 1 is 0.964 bits per heavy atom. The number of halogens is 1. The van der Waals surface area contributed by atoms with Gasteiger partial charge in [-0.2, -0.15) is 4.31 Å². The molecule has 0 radical (unpaired) electrons. The number of piperazine rings is 1. The Morgan fingerprint density at radius 2 is 1.79 bits per heavy atom. The molecule has 146 valence electrons. The highest BCUT2D eigenvalue weighted by Crippen LogP contribution is 2.29. The lowest BCUT2D eigenvalue weighted by atomic mass is 10.3. The molecule has 28 heavy (non-hydrogen) atoms. The minimum atomic E-state index is -3.45. The lowest BCUT2D eigenvalue weighted by molar-refractivity contribution is 0.384. The first-order valence-corrected chi connectivity index (χ1v) is 11.6. The van der Waals surface area contributed by atoms with E-state index in [2.05, 4.69) is 36.4 Å². The Balaban J connectivity index is 1.38. The zero-order valence-electron chi connectivity index (χ0n) is 14.7. The second-order valence-corrected chi connectivity index (χ2v) is 10.7. The highest BCUT2D eigenvalue weighted by atomic mass is 79.9. The van der Waals surface area contributed by atoms with Crippen molar-refractivity contribution >= 4 is 54.7 Å². The maximum absolute atomic E-state index is 12.7. The predicted molar refractivity (Wildman–Crippen MR) is 113 cm³/mol. The molecule has 4 heterocycles. The van der Waals surface area contributed by atoms with Crippen LogP contribution in [0.15, 0.2) is 56.7 Å². The molecule has 0 bridgehead atoms. The van der Waals surface area contributed by atoms with Gasteiger partial charge in [0.2, 0.25) is 0 Å². The number of pyridine rings is 1. The van der Waals surface area contributed by atoms with Gasteiger partial charge in [-0.1, -0.05) is 6.07 Å². The minimum absolute atomic E-state index is 0.359.